The molecule has 29 heavy (non-hydrogen) atoms. The van der Waals surface area contributed by atoms with Crippen LogP contribution in [0, 0.1) is 0 Å². The second kappa shape index (κ2) is 7.85. The topological polar surface area (TPSA) is 9.23 Å². The van der Waals surface area contributed by atoms with Crippen molar-refractivity contribution in [3.63, 3.8) is 0 Å². The van der Waals surface area contributed by atoms with Gasteiger partial charge in [-0.2, -0.15) is 0 Å². The van der Waals surface area contributed by atoms with Crippen molar-refractivity contribution in [2.24, 2.45) is 0 Å². The summed E-state index contributed by atoms with van der Waals surface area (Å²) in [4.78, 5) is 0. The van der Waals surface area contributed by atoms with Gasteiger partial charge < -0.3 is 0 Å². The van der Waals surface area contributed by atoms with E-state index in [1.165, 1.54) is 21.5 Å². The van der Waals surface area contributed by atoms with E-state index >= 15 is 0 Å². The molecule has 146 valence electrons. The molecule has 4 rings (SSSR count). The van der Waals surface area contributed by atoms with Gasteiger partial charge in [0.1, 0.15) is 0 Å². The van der Waals surface area contributed by atoms with Crippen LogP contribution < -0.4 is 20.7 Å². The minimum atomic E-state index is -2.75. The zero-order chi connectivity index (χ0) is 20.2. The standard InChI is InChI=1S/C27H27OP/c1-28-24-20-18-23(19-21-24)22-29(2,25-12-6-3-7-13-25,26-14-8-4-9-15-26)27-16-10-5-11-17-27/h3-21H,22H2,1-2H3. The maximum atomic E-state index is 5.39. The summed E-state index contributed by atoms with van der Waals surface area (Å²) >= 11 is 0. The van der Waals surface area contributed by atoms with Gasteiger partial charge in [-0.05, 0) is 0 Å². The molecule has 0 fully saturated rings. The third-order valence-corrected chi connectivity index (χ3v) is 12.3. The summed E-state index contributed by atoms with van der Waals surface area (Å²) in [5.74, 6) is 0.893. The first-order valence-corrected chi connectivity index (χ1v) is 12.8. The Kier molecular flexibility index (Phi) is 5.26. The molecule has 0 aliphatic heterocycles. The maximum absolute atomic E-state index is 5.39. The molecule has 0 aliphatic rings. The van der Waals surface area contributed by atoms with Crippen LogP contribution in [-0.2, 0) is 6.16 Å². The van der Waals surface area contributed by atoms with Crippen LogP contribution in [0.4, 0.5) is 0 Å². The van der Waals surface area contributed by atoms with E-state index < -0.39 is 6.60 Å². The van der Waals surface area contributed by atoms with Crippen molar-refractivity contribution in [3.8, 4) is 5.75 Å². The Labute approximate surface area is 173 Å². The fraction of sp³-hybridized carbons (Fsp3) is 0.111. The first kappa shape index (κ1) is 19.4. The predicted molar refractivity (Wildman–Crippen MR) is 128 cm³/mol. The molecule has 0 bridgehead atoms. The average Bonchev–Trinajstić information content (AvgIpc) is 2.81. The van der Waals surface area contributed by atoms with Gasteiger partial charge in [0.15, 0.2) is 0 Å². The van der Waals surface area contributed by atoms with Gasteiger partial charge in [0.05, 0.1) is 0 Å². The summed E-state index contributed by atoms with van der Waals surface area (Å²) in [6.07, 6.45) is 0.966. The number of rotatable bonds is 6. The first-order valence-electron chi connectivity index (χ1n) is 9.95. The summed E-state index contributed by atoms with van der Waals surface area (Å²) in [6, 6.07) is 41.7. The van der Waals surface area contributed by atoms with Crippen molar-refractivity contribution in [2.75, 3.05) is 13.8 Å². The third-order valence-electron chi connectivity index (χ3n) is 6.10. The number of benzene rings is 4. The molecule has 0 aromatic heterocycles. The van der Waals surface area contributed by atoms with Crippen LogP contribution in [-0.4, -0.2) is 13.8 Å². The summed E-state index contributed by atoms with van der Waals surface area (Å²) in [5.41, 5.74) is 1.32. The number of methoxy groups -OCH3 is 1. The van der Waals surface area contributed by atoms with Gasteiger partial charge >= 0.3 is 174 Å². The molecule has 2 heteroatoms. The van der Waals surface area contributed by atoms with E-state index in [2.05, 4.69) is 122 Å². The molecular weight excluding hydrogens is 371 g/mol. The monoisotopic (exact) mass is 398 g/mol. The molecule has 0 amide bonds. The van der Waals surface area contributed by atoms with Gasteiger partial charge in [-0.15, -0.1) is 0 Å². The fourth-order valence-corrected chi connectivity index (χ4v) is 9.91. The molecule has 0 heterocycles. The Morgan fingerprint density at radius 1 is 0.552 bits per heavy atom. The molecule has 0 saturated heterocycles. The number of ether oxygens (including phenoxy) is 1. The van der Waals surface area contributed by atoms with Gasteiger partial charge in [-0.1, -0.05) is 0 Å². The van der Waals surface area contributed by atoms with E-state index in [1.54, 1.807) is 7.11 Å². The van der Waals surface area contributed by atoms with E-state index in [1.807, 2.05) is 0 Å². The van der Waals surface area contributed by atoms with Gasteiger partial charge in [0.2, 0.25) is 0 Å². The van der Waals surface area contributed by atoms with E-state index in [0.29, 0.717) is 0 Å². The quantitative estimate of drug-likeness (QED) is 0.398. The second-order valence-corrected chi connectivity index (χ2v) is 13.3. The van der Waals surface area contributed by atoms with Gasteiger partial charge in [0, 0.05) is 0 Å². The summed E-state index contributed by atoms with van der Waals surface area (Å²) in [6.45, 7) is -0.239. The van der Waals surface area contributed by atoms with Crippen LogP contribution in [0.15, 0.2) is 115 Å². The molecule has 0 saturated carbocycles. The zero-order valence-corrected chi connectivity index (χ0v) is 17.9. The molecule has 0 atom stereocenters. The Balaban J connectivity index is 2.03. The van der Waals surface area contributed by atoms with Gasteiger partial charge in [-0.25, -0.2) is 0 Å². The Morgan fingerprint density at radius 3 is 1.28 bits per heavy atom. The van der Waals surface area contributed by atoms with Crippen LogP contribution in [0.2, 0.25) is 0 Å². The Bertz CT molecular complexity index is 958. The predicted octanol–water partition coefficient (Wildman–Crippen LogP) is 5.35. The normalized spacial score (nSPS) is 12.7. The fourth-order valence-electron chi connectivity index (χ4n) is 4.40. The van der Waals surface area contributed by atoms with Crippen molar-refractivity contribution in [1.29, 1.82) is 0 Å². The minimum absolute atomic E-state index is 0.893. The van der Waals surface area contributed by atoms with Crippen LogP contribution >= 0.6 is 6.60 Å². The summed E-state index contributed by atoms with van der Waals surface area (Å²) < 4.78 is 5.39. The van der Waals surface area contributed by atoms with Crippen LogP contribution in [0.3, 0.4) is 0 Å². The van der Waals surface area contributed by atoms with E-state index in [4.69, 9.17) is 4.74 Å². The Morgan fingerprint density at radius 2 is 0.931 bits per heavy atom. The van der Waals surface area contributed by atoms with Crippen LogP contribution in [0.25, 0.3) is 0 Å². The van der Waals surface area contributed by atoms with Crippen molar-refractivity contribution in [2.45, 2.75) is 6.16 Å². The molecule has 0 N–H and O–H groups in total. The second-order valence-electron chi connectivity index (χ2n) is 7.81. The molecule has 1 nitrogen and oxygen atoms in total. The van der Waals surface area contributed by atoms with E-state index in [-0.39, 0.29) is 0 Å². The van der Waals surface area contributed by atoms with Crippen molar-refractivity contribution < 1.29 is 4.74 Å². The van der Waals surface area contributed by atoms with Crippen molar-refractivity contribution >= 4 is 22.5 Å². The zero-order valence-electron chi connectivity index (χ0n) is 17.0. The first-order chi connectivity index (χ1) is 14.1. The molecule has 4 aromatic carbocycles. The Hall–Kier alpha value is -2.89. The van der Waals surface area contributed by atoms with Crippen molar-refractivity contribution in [3.05, 3.63) is 121 Å². The molecule has 0 radical (unpaired) electrons. The SMILES string of the molecule is COc1ccc(CP(C)(c2ccccc2)(c2ccccc2)c2ccccc2)cc1. The molecule has 0 unspecified atom stereocenters. The van der Waals surface area contributed by atoms with Crippen molar-refractivity contribution in [1.82, 2.24) is 0 Å². The van der Waals surface area contributed by atoms with E-state index in [0.717, 1.165) is 11.9 Å². The molecule has 0 aliphatic carbocycles. The van der Waals surface area contributed by atoms with Gasteiger partial charge in [-0.3, -0.25) is 0 Å². The third kappa shape index (κ3) is 3.37. The number of hydrogen-bond donors (Lipinski definition) is 0. The summed E-state index contributed by atoms with van der Waals surface area (Å²) in [7, 11) is 1.72. The van der Waals surface area contributed by atoms with Crippen LogP contribution in [0.1, 0.15) is 5.56 Å². The average molecular weight is 398 g/mol. The van der Waals surface area contributed by atoms with Crippen LogP contribution in [0.5, 0.6) is 5.75 Å². The van der Waals surface area contributed by atoms with E-state index in [9.17, 15) is 0 Å². The summed E-state index contributed by atoms with van der Waals surface area (Å²) in [5, 5.41) is 4.23. The van der Waals surface area contributed by atoms with Gasteiger partial charge in [0.25, 0.3) is 0 Å². The number of hydrogen-bond acceptors (Lipinski definition) is 1. The molecule has 4 aromatic rings. The molecular formula is C27H27OP. The molecule has 0 spiro atoms.